The SMILES string of the molecule is c1ccc(C(OCCC2CCNCC2)c2ccccc2)cc1. The number of ether oxygens (including phenoxy) is 1. The van der Waals surface area contributed by atoms with E-state index in [-0.39, 0.29) is 6.10 Å². The van der Waals surface area contributed by atoms with E-state index in [9.17, 15) is 0 Å². The Bertz CT molecular complexity index is 495. The zero-order valence-electron chi connectivity index (χ0n) is 13.1. The third-order valence-corrected chi connectivity index (χ3v) is 4.47. The van der Waals surface area contributed by atoms with Gasteiger partial charge in [-0.1, -0.05) is 60.7 Å². The Kier molecular flexibility index (Phi) is 5.63. The number of piperidine rings is 1. The Morgan fingerprint density at radius 1 is 0.864 bits per heavy atom. The Hall–Kier alpha value is -1.64. The highest BCUT2D eigenvalue weighted by Gasteiger charge is 2.17. The van der Waals surface area contributed by atoms with Crippen molar-refractivity contribution in [1.29, 1.82) is 0 Å². The highest BCUT2D eigenvalue weighted by atomic mass is 16.5. The van der Waals surface area contributed by atoms with Crippen molar-refractivity contribution < 1.29 is 4.74 Å². The minimum absolute atomic E-state index is 0.0455. The van der Waals surface area contributed by atoms with Crippen LogP contribution in [0.25, 0.3) is 0 Å². The van der Waals surface area contributed by atoms with Crippen molar-refractivity contribution >= 4 is 0 Å². The first-order valence-electron chi connectivity index (χ1n) is 8.35. The number of nitrogens with one attached hydrogen (secondary N) is 1. The maximum absolute atomic E-state index is 6.30. The van der Waals surface area contributed by atoms with Crippen LogP contribution in [-0.2, 0) is 4.74 Å². The molecule has 1 saturated heterocycles. The summed E-state index contributed by atoms with van der Waals surface area (Å²) in [6, 6.07) is 21.1. The van der Waals surface area contributed by atoms with Gasteiger partial charge in [0.05, 0.1) is 0 Å². The van der Waals surface area contributed by atoms with Gasteiger partial charge in [0.25, 0.3) is 0 Å². The summed E-state index contributed by atoms with van der Waals surface area (Å²) in [5.41, 5.74) is 2.47. The Morgan fingerprint density at radius 2 is 1.41 bits per heavy atom. The van der Waals surface area contributed by atoms with E-state index in [1.807, 2.05) is 0 Å². The van der Waals surface area contributed by atoms with Crippen molar-refractivity contribution in [2.45, 2.75) is 25.4 Å². The summed E-state index contributed by atoms with van der Waals surface area (Å²) in [5.74, 6) is 0.813. The number of hydrogen-bond acceptors (Lipinski definition) is 2. The molecule has 2 aromatic rings. The molecule has 2 nitrogen and oxygen atoms in total. The number of rotatable bonds is 6. The molecule has 0 radical (unpaired) electrons. The second-order valence-electron chi connectivity index (χ2n) is 6.05. The summed E-state index contributed by atoms with van der Waals surface area (Å²) in [7, 11) is 0. The summed E-state index contributed by atoms with van der Waals surface area (Å²) >= 11 is 0. The molecule has 22 heavy (non-hydrogen) atoms. The lowest BCUT2D eigenvalue weighted by molar-refractivity contribution is 0.0664. The average molecular weight is 295 g/mol. The van der Waals surface area contributed by atoms with E-state index in [2.05, 4.69) is 66.0 Å². The molecule has 0 unspecified atom stereocenters. The monoisotopic (exact) mass is 295 g/mol. The van der Waals surface area contributed by atoms with E-state index >= 15 is 0 Å². The number of benzene rings is 2. The molecule has 1 N–H and O–H groups in total. The third-order valence-electron chi connectivity index (χ3n) is 4.47. The van der Waals surface area contributed by atoms with E-state index in [4.69, 9.17) is 4.74 Å². The molecule has 1 aliphatic heterocycles. The average Bonchev–Trinajstić information content (AvgIpc) is 2.61. The van der Waals surface area contributed by atoms with E-state index < -0.39 is 0 Å². The first-order valence-corrected chi connectivity index (χ1v) is 8.35. The van der Waals surface area contributed by atoms with Crippen molar-refractivity contribution in [3.63, 3.8) is 0 Å². The minimum Gasteiger partial charge on any atom is -0.369 e. The zero-order chi connectivity index (χ0) is 15.0. The van der Waals surface area contributed by atoms with Gasteiger partial charge >= 0.3 is 0 Å². The molecule has 0 saturated carbocycles. The molecule has 1 fully saturated rings. The van der Waals surface area contributed by atoms with Crippen LogP contribution in [0.3, 0.4) is 0 Å². The lowest BCUT2D eigenvalue weighted by Crippen LogP contribution is -2.28. The van der Waals surface area contributed by atoms with Gasteiger partial charge in [-0.3, -0.25) is 0 Å². The van der Waals surface area contributed by atoms with E-state index in [1.54, 1.807) is 0 Å². The molecular weight excluding hydrogens is 270 g/mol. The van der Waals surface area contributed by atoms with Gasteiger partial charge in [-0.05, 0) is 49.4 Å². The van der Waals surface area contributed by atoms with Crippen molar-refractivity contribution in [3.05, 3.63) is 71.8 Å². The Labute approximate surface area is 133 Å². The first-order chi connectivity index (χ1) is 10.9. The van der Waals surface area contributed by atoms with Crippen LogP contribution in [0.1, 0.15) is 36.5 Å². The van der Waals surface area contributed by atoms with Crippen LogP contribution in [0, 0.1) is 5.92 Å². The fourth-order valence-electron chi connectivity index (χ4n) is 3.16. The van der Waals surface area contributed by atoms with Gasteiger partial charge in [-0.2, -0.15) is 0 Å². The van der Waals surface area contributed by atoms with Crippen molar-refractivity contribution in [2.75, 3.05) is 19.7 Å². The van der Waals surface area contributed by atoms with Crippen molar-refractivity contribution in [2.24, 2.45) is 5.92 Å². The maximum Gasteiger partial charge on any atom is 0.108 e. The quantitative estimate of drug-likeness (QED) is 0.863. The second kappa shape index (κ2) is 8.11. The fourth-order valence-corrected chi connectivity index (χ4v) is 3.16. The van der Waals surface area contributed by atoms with Gasteiger partial charge in [0.2, 0.25) is 0 Å². The highest BCUT2D eigenvalue weighted by molar-refractivity contribution is 5.29. The molecule has 2 aromatic carbocycles. The highest BCUT2D eigenvalue weighted by Crippen LogP contribution is 2.27. The fraction of sp³-hybridized carbons (Fsp3) is 0.400. The molecule has 0 bridgehead atoms. The van der Waals surface area contributed by atoms with Crippen LogP contribution < -0.4 is 5.32 Å². The van der Waals surface area contributed by atoms with Crippen LogP contribution in [0.15, 0.2) is 60.7 Å². The molecule has 0 amide bonds. The lowest BCUT2D eigenvalue weighted by atomic mass is 9.95. The normalized spacial score (nSPS) is 16.0. The summed E-state index contributed by atoms with van der Waals surface area (Å²) in [6.45, 7) is 3.15. The van der Waals surface area contributed by atoms with Gasteiger partial charge in [0, 0.05) is 6.61 Å². The molecule has 0 aliphatic carbocycles. The molecule has 116 valence electrons. The van der Waals surface area contributed by atoms with Gasteiger partial charge in [-0.25, -0.2) is 0 Å². The van der Waals surface area contributed by atoms with E-state index in [1.165, 1.54) is 24.0 Å². The van der Waals surface area contributed by atoms with Gasteiger partial charge < -0.3 is 10.1 Å². The number of hydrogen-bond donors (Lipinski definition) is 1. The van der Waals surface area contributed by atoms with Crippen LogP contribution in [0.4, 0.5) is 0 Å². The molecule has 3 rings (SSSR count). The van der Waals surface area contributed by atoms with Crippen LogP contribution >= 0.6 is 0 Å². The molecular formula is C20H25NO. The summed E-state index contributed by atoms with van der Waals surface area (Å²) < 4.78 is 6.30. The summed E-state index contributed by atoms with van der Waals surface area (Å²) in [4.78, 5) is 0. The predicted octanol–water partition coefficient (Wildman–Crippen LogP) is 4.18. The van der Waals surface area contributed by atoms with Crippen LogP contribution in [0.5, 0.6) is 0 Å². The largest absolute Gasteiger partial charge is 0.369 e. The molecule has 1 heterocycles. The third kappa shape index (κ3) is 4.19. The van der Waals surface area contributed by atoms with Gasteiger partial charge in [-0.15, -0.1) is 0 Å². The van der Waals surface area contributed by atoms with Crippen molar-refractivity contribution in [3.8, 4) is 0 Å². The molecule has 0 atom stereocenters. The Balaban J connectivity index is 1.64. The standard InChI is InChI=1S/C20H25NO/c1-3-7-18(8-4-1)20(19-9-5-2-6-10-19)22-16-13-17-11-14-21-15-12-17/h1-10,17,20-21H,11-16H2. The summed E-state index contributed by atoms with van der Waals surface area (Å²) in [5, 5.41) is 3.42. The topological polar surface area (TPSA) is 21.3 Å². The lowest BCUT2D eigenvalue weighted by Gasteiger charge is -2.24. The molecule has 2 heteroatoms. The van der Waals surface area contributed by atoms with Crippen molar-refractivity contribution in [1.82, 2.24) is 5.32 Å². The minimum atomic E-state index is 0.0455. The van der Waals surface area contributed by atoms with Crippen LogP contribution in [0.2, 0.25) is 0 Å². The van der Waals surface area contributed by atoms with Crippen LogP contribution in [-0.4, -0.2) is 19.7 Å². The smallest absolute Gasteiger partial charge is 0.108 e. The van der Waals surface area contributed by atoms with E-state index in [0.717, 1.165) is 32.0 Å². The molecule has 1 aliphatic rings. The maximum atomic E-state index is 6.30. The zero-order valence-corrected chi connectivity index (χ0v) is 13.1. The first kappa shape index (κ1) is 15.3. The summed E-state index contributed by atoms with van der Waals surface area (Å²) in [6.07, 6.45) is 3.77. The predicted molar refractivity (Wildman–Crippen MR) is 90.9 cm³/mol. The van der Waals surface area contributed by atoms with Gasteiger partial charge in [0.15, 0.2) is 0 Å². The van der Waals surface area contributed by atoms with E-state index in [0.29, 0.717) is 0 Å². The molecule has 0 aromatic heterocycles. The molecule has 0 spiro atoms. The van der Waals surface area contributed by atoms with Gasteiger partial charge in [0.1, 0.15) is 6.10 Å². The Morgan fingerprint density at radius 3 is 1.95 bits per heavy atom. The second-order valence-corrected chi connectivity index (χ2v) is 6.05.